The van der Waals surface area contributed by atoms with Gasteiger partial charge < -0.3 is 0 Å². The maximum Gasteiger partial charge on any atom is 0.417 e. The van der Waals surface area contributed by atoms with Crippen LogP contribution in [-0.2, 0) is 6.18 Å². The molecule has 0 aliphatic heterocycles. The zero-order valence-electron chi connectivity index (χ0n) is 7.92. The molecular weight excluding hydrogens is 324 g/mol. The van der Waals surface area contributed by atoms with Crippen molar-refractivity contribution >= 4 is 27.5 Å². The van der Waals surface area contributed by atoms with Gasteiger partial charge in [0.05, 0.1) is 5.56 Å². The highest BCUT2D eigenvalue weighted by atomic mass is 79.9. The van der Waals surface area contributed by atoms with E-state index in [9.17, 15) is 17.6 Å². The second-order valence-corrected chi connectivity index (χ2v) is 4.52. The molecule has 0 atom stereocenters. The van der Waals surface area contributed by atoms with Crippen molar-refractivity contribution in [3.63, 3.8) is 0 Å². The van der Waals surface area contributed by atoms with Gasteiger partial charge >= 0.3 is 6.18 Å². The van der Waals surface area contributed by atoms with Crippen molar-refractivity contribution in [2.75, 3.05) is 0 Å². The zero-order chi connectivity index (χ0) is 12.6. The van der Waals surface area contributed by atoms with Gasteiger partial charge in [-0.1, -0.05) is 0 Å². The fourth-order valence-electron chi connectivity index (χ4n) is 1.25. The van der Waals surface area contributed by atoms with Gasteiger partial charge in [0.15, 0.2) is 0 Å². The first-order chi connectivity index (χ1) is 7.88. The number of aromatic nitrogens is 2. The van der Waals surface area contributed by atoms with Crippen LogP contribution in [0.1, 0.15) is 5.56 Å². The first kappa shape index (κ1) is 12.4. The summed E-state index contributed by atoms with van der Waals surface area (Å²) in [5.74, 6) is -0.940. The van der Waals surface area contributed by atoms with E-state index in [1.807, 2.05) is 0 Å². The van der Waals surface area contributed by atoms with Crippen LogP contribution in [0.15, 0.2) is 22.9 Å². The molecule has 90 valence electrons. The summed E-state index contributed by atoms with van der Waals surface area (Å²) in [4.78, 5) is 3.79. The Morgan fingerprint density at radius 2 is 1.94 bits per heavy atom. The van der Waals surface area contributed by atoms with Gasteiger partial charge in [-0.15, -0.1) is 0 Å². The van der Waals surface area contributed by atoms with E-state index in [4.69, 9.17) is 0 Å². The van der Waals surface area contributed by atoms with E-state index in [1.165, 1.54) is 0 Å². The van der Waals surface area contributed by atoms with Crippen LogP contribution in [-0.4, -0.2) is 9.36 Å². The largest absolute Gasteiger partial charge is 0.417 e. The Labute approximate surface area is 106 Å². The van der Waals surface area contributed by atoms with Gasteiger partial charge in [-0.05, 0) is 45.7 Å². The van der Waals surface area contributed by atoms with Crippen molar-refractivity contribution in [2.45, 2.75) is 6.18 Å². The molecule has 0 bridgehead atoms. The highest BCUT2D eigenvalue weighted by Crippen LogP contribution is 2.38. The van der Waals surface area contributed by atoms with E-state index >= 15 is 0 Å². The summed E-state index contributed by atoms with van der Waals surface area (Å²) >= 11 is 3.76. The molecule has 0 radical (unpaired) electrons. The van der Waals surface area contributed by atoms with E-state index in [-0.39, 0.29) is 15.3 Å². The van der Waals surface area contributed by atoms with Crippen molar-refractivity contribution in [1.29, 1.82) is 0 Å². The summed E-state index contributed by atoms with van der Waals surface area (Å²) in [6, 6.07) is 2.45. The highest BCUT2D eigenvalue weighted by Gasteiger charge is 2.35. The van der Waals surface area contributed by atoms with Gasteiger partial charge in [0.2, 0.25) is 4.73 Å². The van der Waals surface area contributed by atoms with Crippen molar-refractivity contribution in [1.82, 2.24) is 9.36 Å². The standard InChI is InChI=1S/C9H3BrF4N2S/c10-8-15-7(17-16-8)5-2-1-4(11)3-6(5)9(12,13)14/h1-3H. The fraction of sp³-hybridized carbons (Fsp3) is 0.111. The quantitative estimate of drug-likeness (QED) is 0.736. The molecule has 0 spiro atoms. The maximum atomic E-state index is 12.9. The second kappa shape index (κ2) is 4.34. The van der Waals surface area contributed by atoms with Gasteiger partial charge in [-0.2, -0.15) is 17.5 Å². The summed E-state index contributed by atoms with van der Waals surface area (Å²) in [5.41, 5.74) is -1.23. The minimum absolute atomic E-state index is 0.0872. The molecule has 2 rings (SSSR count). The predicted octanol–water partition coefficient (Wildman–Crippen LogP) is 4.13. The van der Waals surface area contributed by atoms with Crippen LogP contribution in [0.2, 0.25) is 0 Å². The van der Waals surface area contributed by atoms with Crippen LogP contribution in [0, 0.1) is 5.82 Å². The lowest BCUT2D eigenvalue weighted by atomic mass is 10.1. The molecule has 0 unspecified atom stereocenters. The predicted molar refractivity (Wildman–Crippen MR) is 58.0 cm³/mol. The van der Waals surface area contributed by atoms with E-state index in [1.54, 1.807) is 0 Å². The first-order valence-corrected chi connectivity index (χ1v) is 5.81. The smallest absolute Gasteiger partial charge is 0.209 e. The van der Waals surface area contributed by atoms with E-state index in [0.717, 1.165) is 23.7 Å². The van der Waals surface area contributed by atoms with Crippen LogP contribution in [0.5, 0.6) is 0 Å². The lowest BCUT2D eigenvalue weighted by Crippen LogP contribution is -2.07. The van der Waals surface area contributed by atoms with Crippen LogP contribution in [0.3, 0.4) is 0 Å². The van der Waals surface area contributed by atoms with Gasteiger partial charge in [0.25, 0.3) is 0 Å². The summed E-state index contributed by atoms with van der Waals surface area (Å²) in [7, 11) is 0. The normalized spacial score (nSPS) is 11.8. The molecule has 0 N–H and O–H groups in total. The Morgan fingerprint density at radius 3 is 2.47 bits per heavy atom. The lowest BCUT2D eigenvalue weighted by Gasteiger charge is -2.10. The number of hydrogen-bond acceptors (Lipinski definition) is 3. The fourth-order valence-corrected chi connectivity index (χ4v) is 2.37. The second-order valence-electron chi connectivity index (χ2n) is 3.06. The number of rotatable bonds is 1. The molecule has 0 aliphatic carbocycles. The minimum Gasteiger partial charge on any atom is -0.209 e. The first-order valence-electron chi connectivity index (χ1n) is 4.24. The molecule has 8 heteroatoms. The van der Waals surface area contributed by atoms with Crippen molar-refractivity contribution in [3.8, 4) is 10.6 Å². The molecule has 0 aliphatic rings. The number of alkyl halides is 3. The average molecular weight is 327 g/mol. The molecule has 2 aromatic rings. The Hall–Kier alpha value is -1.02. The van der Waals surface area contributed by atoms with Gasteiger partial charge in [0, 0.05) is 5.56 Å². The zero-order valence-corrected chi connectivity index (χ0v) is 10.3. The summed E-state index contributed by atoms with van der Waals surface area (Å²) in [5, 5.41) is 0.0872. The number of hydrogen-bond donors (Lipinski definition) is 0. The molecular formula is C9H3BrF4N2S. The van der Waals surface area contributed by atoms with Crippen molar-refractivity contribution < 1.29 is 17.6 Å². The maximum absolute atomic E-state index is 12.9. The SMILES string of the molecule is Fc1ccc(-c2nc(Br)ns2)c(C(F)(F)F)c1. The third-order valence-corrected chi connectivity index (χ3v) is 3.26. The average Bonchev–Trinajstić information content (AvgIpc) is 2.63. The van der Waals surface area contributed by atoms with Crippen LogP contribution < -0.4 is 0 Å². The van der Waals surface area contributed by atoms with Gasteiger partial charge in [-0.25, -0.2) is 9.37 Å². The number of halogens is 5. The lowest BCUT2D eigenvalue weighted by molar-refractivity contribution is -0.137. The van der Waals surface area contributed by atoms with Gasteiger partial charge in [-0.3, -0.25) is 0 Å². The van der Waals surface area contributed by atoms with E-state index in [0.29, 0.717) is 6.07 Å². The molecule has 1 aromatic carbocycles. The Bertz CT molecular complexity index is 552. The van der Waals surface area contributed by atoms with Gasteiger partial charge in [0.1, 0.15) is 10.8 Å². The molecule has 0 fully saturated rings. The van der Waals surface area contributed by atoms with E-state index in [2.05, 4.69) is 25.3 Å². The summed E-state index contributed by atoms with van der Waals surface area (Å²) < 4.78 is 54.9. The molecule has 0 saturated heterocycles. The molecule has 17 heavy (non-hydrogen) atoms. The molecule has 0 saturated carbocycles. The van der Waals surface area contributed by atoms with Crippen molar-refractivity contribution in [3.05, 3.63) is 34.3 Å². The summed E-state index contributed by atoms with van der Waals surface area (Å²) in [6.07, 6.45) is -4.63. The molecule has 2 nitrogen and oxygen atoms in total. The molecule has 0 amide bonds. The third-order valence-electron chi connectivity index (χ3n) is 1.92. The molecule has 1 heterocycles. The Kier molecular flexibility index (Phi) is 3.17. The number of benzene rings is 1. The minimum atomic E-state index is -4.63. The van der Waals surface area contributed by atoms with Crippen LogP contribution in [0.4, 0.5) is 17.6 Å². The van der Waals surface area contributed by atoms with Crippen LogP contribution in [0.25, 0.3) is 10.6 Å². The summed E-state index contributed by atoms with van der Waals surface area (Å²) in [6.45, 7) is 0. The monoisotopic (exact) mass is 326 g/mol. The highest BCUT2D eigenvalue weighted by molar-refractivity contribution is 9.10. The van der Waals surface area contributed by atoms with E-state index < -0.39 is 17.6 Å². The third kappa shape index (κ3) is 2.63. The topological polar surface area (TPSA) is 25.8 Å². The Balaban J connectivity index is 2.61. The molecule has 1 aromatic heterocycles. The Morgan fingerprint density at radius 1 is 1.24 bits per heavy atom. The van der Waals surface area contributed by atoms with Crippen LogP contribution >= 0.6 is 27.5 Å². The number of nitrogens with zero attached hydrogens (tertiary/aromatic N) is 2. The van der Waals surface area contributed by atoms with Crippen molar-refractivity contribution in [2.24, 2.45) is 0 Å².